The predicted octanol–water partition coefficient (Wildman–Crippen LogP) is 5.85. The van der Waals surface area contributed by atoms with Gasteiger partial charge in [-0.2, -0.15) is 5.26 Å². The first-order valence-electron chi connectivity index (χ1n) is 10.1. The molecule has 0 radical (unpaired) electrons. The maximum Gasteiger partial charge on any atom is 0.205 e. The lowest BCUT2D eigenvalue weighted by atomic mass is 9.83. The first kappa shape index (κ1) is 23.1. The number of rotatable bonds is 6. The molecule has 168 valence electrons. The molecule has 8 heteroatoms. The van der Waals surface area contributed by atoms with Gasteiger partial charge in [0.2, 0.25) is 5.88 Å². The second kappa shape index (κ2) is 9.81. The highest BCUT2D eigenvalue weighted by atomic mass is 127. The summed E-state index contributed by atoms with van der Waals surface area (Å²) in [6.45, 7) is 2.69. The number of phenols is 1. The van der Waals surface area contributed by atoms with Crippen LogP contribution >= 0.6 is 34.2 Å². The van der Waals surface area contributed by atoms with Crippen molar-refractivity contribution in [1.82, 2.24) is 0 Å². The average molecular weight is 575 g/mol. The molecule has 1 aliphatic heterocycles. The summed E-state index contributed by atoms with van der Waals surface area (Å²) in [6, 6.07) is 18.2. The van der Waals surface area contributed by atoms with E-state index in [9.17, 15) is 10.4 Å². The van der Waals surface area contributed by atoms with Gasteiger partial charge >= 0.3 is 0 Å². The number of halogens is 2. The van der Waals surface area contributed by atoms with Gasteiger partial charge < -0.3 is 25.1 Å². The van der Waals surface area contributed by atoms with Crippen LogP contribution in [0.25, 0.3) is 0 Å². The van der Waals surface area contributed by atoms with Crippen LogP contribution in [-0.4, -0.2) is 11.7 Å². The van der Waals surface area contributed by atoms with E-state index in [0.717, 1.165) is 20.3 Å². The first-order valence-corrected chi connectivity index (χ1v) is 11.6. The zero-order valence-electron chi connectivity index (χ0n) is 17.6. The highest BCUT2D eigenvalue weighted by molar-refractivity contribution is 14.1. The molecule has 0 unspecified atom stereocenters. The molecule has 4 rings (SSSR count). The molecule has 0 aliphatic carbocycles. The number of hydrogen-bond acceptors (Lipinski definition) is 6. The van der Waals surface area contributed by atoms with Gasteiger partial charge in [0, 0.05) is 16.7 Å². The first-order chi connectivity index (χ1) is 15.9. The monoisotopic (exact) mass is 574 g/mol. The minimum absolute atomic E-state index is 0.0108. The normalized spacial score (nSPS) is 14.8. The molecule has 3 aromatic carbocycles. The summed E-state index contributed by atoms with van der Waals surface area (Å²) in [5.41, 5.74) is 8.85. The van der Waals surface area contributed by atoms with Gasteiger partial charge in [0.15, 0.2) is 11.5 Å². The third-order valence-corrected chi connectivity index (χ3v) is 6.22. The molecule has 1 atom stereocenters. The Labute approximate surface area is 210 Å². The molecule has 3 N–H and O–H groups in total. The number of aromatic hydroxyl groups is 1. The number of phenolic OH excluding ortho intramolecular Hbond substituents is 1. The van der Waals surface area contributed by atoms with Crippen LogP contribution in [0.1, 0.15) is 29.5 Å². The van der Waals surface area contributed by atoms with Gasteiger partial charge in [-0.1, -0.05) is 29.8 Å². The van der Waals surface area contributed by atoms with Gasteiger partial charge in [0.1, 0.15) is 29.7 Å². The van der Waals surface area contributed by atoms with Crippen molar-refractivity contribution >= 4 is 34.2 Å². The Bertz CT molecular complexity index is 1270. The number of nitrogens with zero attached hydrogens (tertiary/aromatic N) is 1. The van der Waals surface area contributed by atoms with Crippen LogP contribution < -0.4 is 19.9 Å². The van der Waals surface area contributed by atoms with Crippen molar-refractivity contribution in [3.8, 4) is 29.1 Å². The second-order valence-corrected chi connectivity index (χ2v) is 8.92. The molecule has 33 heavy (non-hydrogen) atoms. The Morgan fingerprint density at radius 1 is 1.15 bits per heavy atom. The molecule has 0 fully saturated rings. The summed E-state index contributed by atoms with van der Waals surface area (Å²) in [7, 11) is 0. The highest BCUT2D eigenvalue weighted by Gasteiger charge is 2.32. The minimum atomic E-state index is -0.475. The standard InChI is InChI=1S/C25H20ClIN2O4/c1-2-31-22-10-15(9-20(27)24(22)32-13-14-3-5-16(26)6-4-14)23-18-8-7-17(30)11-21(18)33-25(29)19(23)12-28/h3-11,23,30H,2,13,29H2,1H3/t23-/m1/s1. The lowest BCUT2D eigenvalue weighted by molar-refractivity contribution is 0.267. The second-order valence-electron chi connectivity index (χ2n) is 7.33. The van der Waals surface area contributed by atoms with Crippen molar-refractivity contribution in [3.05, 3.63) is 91.3 Å². The molecular weight excluding hydrogens is 555 g/mol. The summed E-state index contributed by atoms with van der Waals surface area (Å²) in [4.78, 5) is 0. The highest BCUT2D eigenvalue weighted by Crippen LogP contribution is 2.46. The maximum atomic E-state index is 9.87. The maximum absolute atomic E-state index is 9.87. The smallest absolute Gasteiger partial charge is 0.205 e. The van der Waals surface area contributed by atoms with E-state index in [2.05, 4.69) is 28.7 Å². The van der Waals surface area contributed by atoms with Crippen molar-refractivity contribution in [2.45, 2.75) is 19.4 Å². The van der Waals surface area contributed by atoms with E-state index in [1.54, 1.807) is 12.1 Å². The summed E-state index contributed by atoms with van der Waals surface area (Å²) in [5, 5.41) is 20.4. The molecule has 3 aromatic rings. The fourth-order valence-electron chi connectivity index (χ4n) is 3.68. The number of nitriles is 1. The predicted molar refractivity (Wildman–Crippen MR) is 134 cm³/mol. The zero-order valence-corrected chi connectivity index (χ0v) is 20.6. The summed E-state index contributed by atoms with van der Waals surface area (Å²) >= 11 is 8.17. The van der Waals surface area contributed by atoms with Crippen molar-refractivity contribution in [1.29, 1.82) is 5.26 Å². The molecule has 0 saturated heterocycles. The topological polar surface area (TPSA) is 97.7 Å². The van der Waals surface area contributed by atoms with Crippen LogP contribution in [0.15, 0.2) is 66.1 Å². The molecular formula is C25H20ClIN2O4. The van der Waals surface area contributed by atoms with Gasteiger partial charge in [-0.15, -0.1) is 0 Å². The van der Waals surface area contributed by atoms with E-state index in [1.165, 1.54) is 6.07 Å². The van der Waals surface area contributed by atoms with Gasteiger partial charge in [0.25, 0.3) is 0 Å². The zero-order chi connectivity index (χ0) is 23.5. The quantitative estimate of drug-likeness (QED) is 0.359. The SMILES string of the molecule is CCOc1cc([C@H]2C(C#N)=C(N)Oc3cc(O)ccc32)cc(I)c1OCc1ccc(Cl)cc1. The number of nitrogens with two attached hydrogens (primary N) is 1. The van der Waals surface area contributed by atoms with Gasteiger partial charge in [-0.3, -0.25) is 0 Å². The van der Waals surface area contributed by atoms with E-state index in [1.807, 2.05) is 43.3 Å². The number of hydrogen-bond donors (Lipinski definition) is 2. The Balaban J connectivity index is 1.75. The molecule has 0 amide bonds. The Morgan fingerprint density at radius 3 is 2.61 bits per heavy atom. The van der Waals surface area contributed by atoms with E-state index in [4.69, 9.17) is 31.5 Å². The molecule has 0 saturated carbocycles. The minimum Gasteiger partial charge on any atom is -0.508 e. The van der Waals surface area contributed by atoms with Gasteiger partial charge in [-0.05, 0) is 71.0 Å². The van der Waals surface area contributed by atoms with Crippen LogP contribution in [0, 0.1) is 14.9 Å². The molecule has 1 heterocycles. The lowest BCUT2D eigenvalue weighted by Crippen LogP contribution is -2.21. The van der Waals surface area contributed by atoms with E-state index in [0.29, 0.717) is 41.1 Å². The fourth-order valence-corrected chi connectivity index (χ4v) is 4.59. The van der Waals surface area contributed by atoms with Crippen LogP contribution in [-0.2, 0) is 6.61 Å². The third-order valence-electron chi connectivity index (χ3n) is 5.16. The number of allylic oxidation sites excluding steroid dienone is 1. The molecule has 6 nitrogen and oxygen atoms in total. The third kappa shape index (κ3) is 4.82. The average Bonchev–Trinajstić information content (AvgIpc) is 2.78. The summed E-state index contributed by atoms with van der Waals surface area (Å²) in [5.74, 6) is 1.18. The van der Waals surface area contributed by atoms with Crippen LogP contribution in [0.2, 0.25) is 5.02 Å². The van der Waals surface area contributed by atoms with Crippen LogP contribution in [0.4, 0.5) is 0 Å². The van der Waals surface area contributed by atoms with Gasteiger partial charge in [-0.25, -0.2) is 0 Å². The van der Waals surface area contributed by atoms with Crippen molar-refractivity contribution in [2.75, 3.05) is 6.61 Å². The van der Waals surface area contributed by atoms with E-state index >= 15 is 0 Å². The lowest BCUT2D eigenvalue weighted by Gasteiger charge is -2.27. The number of ether oxygens (including phenoxy) is 3. The molecule has 0 bridgehead atoms. The Hall–Kier alpha value is -3.09. The fraction of sp³-hybridized carbons (Fsp3) is 0.160. The van der Waals surface area contributed by atoms with E-state index in [-0.39, 0.29) is 11.6 Å². The summed E-state index contributed by atoms with van der Waals surface area (Å²) < 4.78 is 18.4. The molecule has 0 aromatic heterocycles. The number of benzene rings is 3. The molecule has 0 spiro atoms. The number of fused-ring (bicyclic) bond motifs is 1. The van der Waals surface area contributed by atoms with Crippen molar-refractivity contribution < 1.29 is 19.3 Å². The van der Waals surface area contributed by atoms with Crippen LogP contribution in [0.3, 0.4) is 0 Å². The largest absolute Gasteiger partial charge is 0.508 e. The Morgan fingerprint density at radius 2 is 1.91 bits per heavy atom. The van der Waals surface area contributed by atoms with Crippen molar-refractivity contribution in [3.63, 3.8) is 0 Å². The summed E-state index contributed by atoms with van der Waals surface area (Å²) in [6.07, 6.45) is 0. The van der Waals surface area contributed by atoms with Gasteiger partial charge in [0.05, 0.1) is 16.1 Å². The van der Waals surface area contributed by atoms with Crippen molar-refractivity contribution in [2.24, 2.45) is 5.73 Å². The van der Waals surface area contributed by atoms with Crippen LogP contribution in [0.5, 0.6) is 23.0 Å². The molecule has 1 aliphatic rings. The Kier molecular flexibility index (Phi) is 6.86. The van der Waals surface area contributed by atoms with E-state index < -0.39 is 5.92 Å².